The van der Waals surface area contributed by atoms with Crippen LogP contribution in [0, 0.1) is 0 Å². The number of amidine groups is 1. The predicted octanol–water partition coefficient (Wildman–Crippen LogP) is 2.73. The normalized spacial score (nSPS) is 11.4. The fourth-order valence-corrected chi connectivity index (χ4v) is 2.25. The summed E-state index contributed by atoms with van der Waals surface area (Å²) in [6.45, 7) is 1.97. The molecule has 0 heterocycles. The number of nitrogens with two attached hydrogens (primary N) is 1. The first-order valence-corrected chi connectivity index (χ1v) is 7.02. The molecule has 0 fully saturated rings. The van der Waals surface area contributed by atoms with Gasteiger partial charge >= 0.3 is 5.97 Å². The fraction of sp³-hybridized carbons (Fsp3) is 0.333. The van der Waals surface area contributed by atoms with Crippen molar-refractivity contribution in [3.05, 3.63) is 17.7 Å². The molecule has 3 N–H and O–H groups in total. The predicted molar refractivity (Wildman–Crippen MR) is 78.4 cm³/mol. The number of carbonyl (C=O) groups is 1. The lowest BCUT2D eigenvalue weighted by atomic mass is 10.2. The topological polar surface area (TPSA) is 84.9 Å². The Bertz CT molecular complexity index is 506. The first-order chi connectivity index (χ1) is 9.03. The van der Waals surface area contributed by atoms with Crippen molar-refractivity contribution in [2.24, 2.45) is 10.7 Å². The van der Waals surface area contributed by atoms with E-state index in [-0.39, 0.29) is 23.0 Å². The maximum absolute atomic E-state index is 11.2. The van der Waals surface area contributed by atoms with Gasteiger partial charge in [-0.2, -0.15) is 0 Å². The highest BCUT2D eigenvalue weighted by atomic mass is 35.5. The molecule has 0 amide bonds. The molecule has 0 bridgehead atoms. The number of carboxylic acids is 1. The average molecular weight is 303 g/mol. The minimum absolute atomic E-state index is 0.0989. The van der Waals surface area contributed by atoms with Crippen LogP contribution in [0.5, 0.6) is 5.75 Å². The molecular formula is C12H15ClN2O3S. The molecule has 0 saturated heterocycles. The lowest BCUT2D eigenvalue weighted by Crippen LogP contribution is -2.12. The number of aliphatic imine (C=N–C) groups is 1. The average Bonchev–Trinajstić information content (AvgIpc) is 2.39. The summed E-state index contributed by atoms with van der Waals surface area (Å²) in [7, 11) is 1.41. The summed E-state index contributed by atoms with van der Waals surface area (Å²) in [4.78, 5) is 16.1. The number of ether oxygens (including phenoxy) is 1. The Morgan fingerprint density at radius 2 is 2.26 bits per heavy atom. The number of carboxylic acid groups (broad SMARTS) is 1. The van der Waals surface area contributed by atoms with Crippen LogP contribution in [0.3, 0.4) is 0 Å². The van der Waals surface area contributed by atoms with E-state index in [2.05, 4.69) is 4.99 Å². The molecule has 0 unspecified atom stereocenters. The Balaban J connectivity index is 3.39. The van der Waals surface area contributed by atoms with Crippen LogP contribution in [0.1, 0.15) is 17.3 Å². The molecule has 0 aliphatic heterocycles. The molecule has 7 heteroatoms. The lowest BCUT2D eigenvalue weighted by molar-refractivity contribution is 0.0693. The number of hydrogen-bond acceptors (Lipinski definition) is 4. The van der Waals surface area contributed by atoms with E-state index >= 15 is 0 Å². The molecule has 0 spiro atoms. The van der Waals surface area contributed by atoms with Gasteiger partial charge in [-0.15, -0.1) is 23.4 Å². The van der Waals surface area contributed by atoms with Gasteiger partial charge in [0.25, 0.3) is 0 Å². The number of halogens is 1. The summed E-state index contributed by atoms with van der Waals surface area (Å²) >= 11 is 7.08. The molecule has 1 aromatic rings. The minimum Gasteiger partial charge on any atom is -0.496 e. The van der Waals surface area contributed by atoms with E-state index < -0.39 is 5.97 Å². The molecule has 0 aliphatic carbocycles. The Morgan fingerprint density at radius 1 is 1.58 bits per heavy atom. The number of aromatic carboxylic acids is 1. The van der Waals surface area contributed by atoms with Crippen LogP contribution < -0.4 is 10.5 Å². The Labute approximate surface area is 120 Å². The third kappa shape index (κ3) is 4.04. The molecule has 0 saturated carbocycles. The summed E-state index contributed by atoms with van der Waals surface area (Å²) in [5.74, 6) is 0.364. The highest BCUT2D eigenvalue weighted by Crippen LogP contribution is 2.36. The number of hydrogen-bond donors (Lipinski definition) is 2. The Morgan fingerprint density at radius 3 is 2.74 bits per heavy atom. The largest absolute Gasteiger partial charge is 0.496 e. The van der Waals surface area contributed by atoms with Crippen molar-refractivity contribution in [3.8, 4) is 5.75 Å². The van der Waals surface area contributed by atoms with Crippen LogP contribution in [0.4, 0.5) is 5.69 Å². The van der Waals surface area contributed by atoms with E-state index in [1.54, 1.807) is 6.07 Å². The number of methoxy groups -OCH3 is 1. The fourth-order valence-electron chi connectivity index (χ4n) is 1.43. The summed E-state index contributed by atoms with van der Waals surface area (Å²) in [5.41, 5.74) is 6.27. The molecule has 5 nitrogen and oxygen atoms in total. The van der Waals surface area contributed by atoms with Gasteiger partial charge in [0.2, 0.25) is 0 Å². The van der Waals surface area contributed by atoms with Crippen LogP contribution >= 0.6 is 23.4 Å². The number of rotatable bonds is 6. The molecule has 0 radical (unpaired) electrons. The van der Waals surface area contributed by atoms with Crippen LogP contribution in [0.25, 0.3) is 0 Å². The van der Waals surface area contributed by atoms with Gasteiger partial charge in [0.15, 0.2) is 0 Å². The van der Waals surface area contributed by atoms with Gasteiger partial charge in [-0.1, -0.05) is 6.92 Å². The quantitative estimate of drug-likeness (QED) is 0.365. The smallest absolute Gasteiger partial charge is 0.339 e. The highest BCUT2D eigenvalue weighted by Gasteiger charge is 2.15. The van der Waals surface area contributed by atoms with E-state index in [1.807, 2.05) is 6.92 Å². The molecule has 0 atom stereocenters. The first-order valence-electron chi connectivity index (χ1n) is 5.50. The summed E-state index contributed by atoms with van der Waals surface area (Å²) in [6, 6.07) is 3.09. The van der Waals surface area contributed by atoms with Crippen LogP contribution in [0.2, 0.25) is 0 Å². The SMILES string of the molecule is CCSc1cc(C(=O)O)c(OC)cc1N=C(N)CCl. The first kappa shape index (κ1) is 15.7. The summed E-state index contributed by atoms with van der Waals surface area (Å²) < 4.78 is 5.06. The zero-order valence-corrected chi connectivity index (χ0v) is 12.2. The van der Waals surface area contributed by atoms with Crippen LogP contribution in [-0.2, 0) is 0 Å². The van der Waals surface area contributed by atoms with Gasteiger partial charge in [0.05, 0.1) is 18.7 Å². The zero-order chi connectivity index (χ0) is 14.4. The standard InChI is InChI=1S/C12H15ClN2O3S/c1-3-19-10-4-7(12(16)17)9(18-2)5-8(10)15-11(14)6-13/h4-5H,3,6H2,1-2H3,(H2,14,15)(H,16,17). The third-order valence-electron chi connectivity index (χ3n) is 2.21. The van der Waals surface area contributed by atoms with Crippen LogP contribution in [0.15, 0.2) is 22.0 Å². The van der Waals surface area contributed by atoms with Crippen molar-refractivity contribution in [2.75, 3.05) is 18.7 Å². The molecule has 0 aliphatic rings. The molecular weight excluding hydrogens is 288 g/mol. The van der Waals surface area contributed by atoms with E-state index in [0.717, 1.165) is 10.6 Å². The molecule has 0 aromatic heterocycles. The maximum Gasteiger partial charge on any atom is 0.339 e. The second kappa shape index (κ2) is 7.25. The van der Waals surface area contributed by atoms with E-state index in [9.17, 15) is 4.79 Å². The number of nitrogens with zero attached hydrogens (tertiary/aromatic N) is 1. The summed E-state index contributed by atoms with van der Waals surface area (Å²) in [6.07, 6.45) is 0. The number of alkyl halides is 1. The van der Waals surface area contributed by atoms with E-state index in [1.165, 1.54) is 24.9 Å². The molecule has 19 heavy (non-hydrogen) atoms. The third-order valence-corrected chi connectivity index (χ3v) is 3.41. The van der Waals surface area contributed by atoms with Gasteiger partial charge in [-0.3, -0.25) is 0 Å². The Hall–Kier alpha value is -1.40. The van der Waals surface area contributed by atoms with Gasteiger partial charge in [-0.05, 0) is 11.8 Å². The maximum atomic E-state index is 11.2. The minimum atomic E-state index is -1.05. The van der Waals surface area contributed by atoms with Gasteiger partial charge < -0.3 is 15.6 Å². The highest BCUT2D eigenvalue weighted by molar-refractivity contribution is 7.99. The van der Waals surface area contributed by atoms with E-state index in [4.69, 9.17) is 27.2 Å². The molecule has 104 valence electrons. The lowest BCUT2D eigenvalue weighted by Gasteiger charge is -2.10. The van der Waals surface area contributed by atoms with Crippen molar-refractivity contribution in [1.29, 1.82) is 0 Å². The van der Waals surface area contributed by atoms with Gasteiger partial charge in [0, 0.05) is 11.0 Å². The van der Waals surface area contributed by atoms with Crippen molar-refractivity contribution in [2.45, 2.75) is 11.8 Å². The summed E-state index contributed by atoms with van der Waals surface area (Å²) in [5, 5.41) is 9.14. The molecule has 1 rings (SSSR count). The number of benzene rings is 1. The van der Waals surface area contributed by atoms with Crippen molar-refractivity contribution >= 4 is 40.9 Å². The van der Waals surface area contributed by atoms with Gasteiger partial charge in [-0.25, -0.2) is 9.79 Å². The van der Waals surface area contributed by atoms with Crippen LogP contribution in [-0.4, -0.2) is 35.7 Å². The number of thioether (sulfide) groups is 1. The second-order valence-electron chi connectivity index (χ2n) is 3.50. The second-order valence-corrected chi connectivity index (χ2v) is 5.07. The zero-order valence-electron chi connectivity index (χ0n) is 10.6. The monoisotopic (exact) mass is 302 g/mol. The molecule has 1 aromatic carbocycles. The van der Waals surface area contributed by atoms with Gasteiger partial charge in [0.1, 0.15) is 17.1 Å². The van der Waals surface area contributed by atoms with Crippen molar-refractivity contribution < 1.29 is 14.6 Å². The Kier molecular flexibility index (Phi) is 5.98. The van der Waals surface area contributed by atoms with Crippen molar-refractivity contribution in [3.63, 3.8) is 0 Å². The van der Waals surface area contributed by atoms with Crippen molar-refractivity contribution in [1.82, 2.24) is 0 Å². The van der Waals surface area contributed by atoms with E-state index in [0.29, 0.717) is 5.69 Å².